The van der Waals surface area contributed by atoms with Crippen molar-refractivity contribution in [1.29, 1.82) is 0 Å². The van der Waals surface area contributed by atoms with Gasteiger partial charge in [0.2, 0.25) is 5.13 Å². The van der Waals surface area contributed by atoms with Gasteiger partial charge in [-0.1, -0.05) is 36.4 Å². The van der Waals surface area contributed by atoms with Crippen LogP contribution in [-0.4, -0.2) is 25.4 Å². The van der Waals surface area contributed by atoms with Crippen LogP contribution in [0.2, 0.25) is 0 Å². The topological polar surface area (TPSA) is 55.7 Å². The molecular weight excluding hydrogens is 322 g/mol. The number of anilines is 1. The van der Waals surface area contributed by atoms with Crippen LogP contribution in [0.25, 0.3) is 11.3 Å². The molecule has 0 saturated heterocycles. The Labute approximate surface area is 144 Å². The fourth-order valence-electron chi connectivity index (χ4n) is 2.24. The van der Waals surface area contributed by atoms with Crippen molar-refractivity contribution in [1.82, 2.24) is 4.98 Å². The van der Waals surface area contributed by atoms with Crippen molar-refractivity contribution in [2.24, 2.45) is 5.10 Å². The second-order valence-corrected chi connectivity index (χ2v) is 5.71. The number of nitrogens with zero attached hydrogens (tertiary/aromatic N) is 2. The largest absolute Gasteiger partial charge is 0.493 e. The monoisotopic (exact) mass is 339 g/mol. The first-order valence-electron chi connectivity index (χ1n) is 7.33. The molecule has 2 aromatic carbocycles. The van der Waals surface area contributed by atoms with Crippen LogP contribution in [0.15, 0.2) is 59.0 Å². The first kappa shape index (κ1) is 16.0. The summed E-state index contributed by atoms with van der Waals surface area (Å²) in [7, 11) is 3.22. The number of rotatable bonds is 6. The van der Waals surface area contributed by atoms with Crippen LogP contribution in [0.4, 0.5) is 5.13 Å². The zero-order valence-corrected chi connectivity index (χ0v) is 14.2. The molecule has 0 atom stereocenters. The summed E-state index contributed by atoms with van der Waals surface area (Å²) in [4.78, 5) is 4.53. The van der Waals surface area contributed by atoms with E-state index in [9.17, 15) is 0 Å². The average Bonchev–Trinajstić information content (AvgIpc) is 3.11. The minimum Gasteiger partial charge on any atom is -0.493 e. The summed E-state index contributed by atoms with van der Waals surface area (Å²) in [5.74, 6) is 1.32. The fraction of sp³-hybridized carbons (Fsp3) is 0.111. The maximum absolute atomic E-state index is 5.38. The predicted octanol–water partition coefficient (Wildman–Crippen LogP) is 4.27. The van der Waals surface area contributed by atoms with Gasteiger partial charge in [-0.15, -0.1) is 11.3 Å². The van der Waals surface area contributed by atoms with Crippen LogP contribution in [0.3, 0.4) is 0 Å². The number of hydrogen-bond acceptors (Lipinski definition) is 6. The van der Waals surface area contributed by atoms with Crippen molar-refractivity contribution in [3.8, 4) is 22.8 Å². The zero-order chi connectivity index (χ0) is 16.8. The van der Waals surface area contributed by atoms with Gasteiger partial charge in [-0.2, -0.15) is 5.10 Å². The third-order valence-electron chi connectivity index (χ3n) is 3.37. The highest BCUT2D eigenvalue weighted by molar-refractivity contribution is 7.14. The summed E-state index contributed by atoms with van der Waals surface area (Å²) in [5.41, 5.74) is 5.79. The van der Waals surface area contributed by atoms with Crippen LogP contribution >= 0.6 is 11.3 Å². The molecule has 0 saturated carbocycles. The fourth-order valence-corrected chi connectivity index (χ4v) is 2.91. The molecule has 0 fully saturated rings. The van der Waals surface area contributed by atoms with Crippen LogP contribution in [0, 0.1) is 0 Å². The Bertz CT molecular complexity index is 831. The van der Waals surface area contributed by atoms with E-state index in [0.29, 0.717) is 11.5 Å². The molecule has 6 heteroatoms. The molecule has 122 valence electrons. The molecule has 0 unspecified atom stereocenters. The van der Waals surface area contributed by atoms with E-state index in [1.54, 1.807) is 20.4 Å². The van der Waals surface area contributed by atoms with E-state index >= 15 is 0 Å². The Hall–Kier alpha value is -2.86. The third kappa shape index (κ3) is 3.55. The number of methoxy groups -OCH3 is 2. The maximum atomic E-state index is 5.38. The van der Waals surface area contributed by atoms with E-state index in [-0.39, 0.29) is 0 Å². The van der Waals surface area contributed by atoms with Crippen LogP contribution in [0.5, 0.6) is 11.5 Å². The summed E-state index contributed by atoms with van der Waals surface area (Å²) in [6, 6.07) is 15.7. The minimum atomic E-state index is 0.648. The normalized spacial score (nSPS) is 10.8. The van der Waals surface area contributed by atoms with Gasteiger partial charge in [0.05, 0.1) is 26.1 Å². The van der Waals surface area contributed by atoms with Crippen LogP contribution in [0.1, 0.15) is 5.56 Å². The van der Waals surface area contributed by atoms with E-state index in [1.807, 2.05) is 53.9 Å². The average molecular weight is 339 g/mol. The number of thiazole rings is 1. The first-order chi connectivity index (χ1) is 11.8. The van der Waals surface area contributed by atoms with E-state index in [1.165, 1.54) is 11.3 Å². The Balaban J connectivity index is 1.73. The molecule has 0 aliphatic heterocycles. The highest BCUT2D eigenvalue weighted by Crippen LogP contribution is 2.29. The standard InChI is InChI=1S/C18H17N3O2S/c1-22-16-10-6-9-14(17(16)23-2)11-19-21-18-20-15(12-24-18)13-7-4-3-5-8-13/h3-12H,1-2H3,(H,20,21)/b19-11+. The number of benzene rings is 2. The first-order valence-corrected chi connectivity index (χ1v) is 8.21. The van der Waals surface area contributed by atoms with E-state index in [4.69, 9.17) is 9.47 Å². The Morgan fingerprint density at radius 3 is 2.62 bits per heavy atom. The Morgan fingerprint density at radius 2 is 1.88 bits per heavy atom. The molecule has 1 N–H and O–H groups in total. The van der Waals surface area contributed by atoms with Gasteiger partial charge in [0, 0.05) is 16.5 Å². The van der Waals surface area contributed by atoms with Gasteiger partial charge in [0.1, 0.15) is 0 Å². The van der Waals surface area contributed by atoms with E-state index in [2.05, 4.69) is 15.5 Å². The number of aromatic nitrogens is 1. The number of nitrogens with one attached hydrogen (secondary N) is 1. The molecule has 0 radical (unpaired) electrons. The van der Waals surface area contributed by atoms with Gasteiger partial charge < -0.3 is 9.47 Å². The molecule has 1 heterocycles. The molecular formula is C18H17N3O2S. The number of para-hydroxylation sites is 1. The van der Waals surface area contributed by atoms with Crippen molar-refractivity contribution in [3.05, 3.63) is 59.5 Å². The lowest BCUT2D eigenvalue weighted by Crippen LogP contribution is -1.96. The van der Waals surface area contributed by atoms with E-state index < -0.39 is 0 Å². The molecule has 24 heavy (non-hydrogen) atoms. The smallest absolute Gasteiger partial charge is 0.203 e. The highest BCUT2D eigenvalue weighted by atomic mass is 32.1. The Kier molecular flexibility index (Phi) is 5.08. The van der Waals surface area contributed by atoms with Gasteiger partial charge in [-0.05, 0) is 12.1 Å². The molecule has 0 bridgehead atoms. The van der Waals surface area contributed by atoms with Gasteiger partial charge in [0.25, 0.3) is 0 Å². The molecule has 0 aliphatic rings. The molecule has 0 amide bonds. The van der Waals surface area contributed by atoms with Crippen LogP contribution < -0.4 is 14.9 Å². The van der Waals surface area contributed by atoms with Crippen molar-refractivity contribution in [3.63, 3.8) is 0 Å². The summed E-state index contributed by atoms with van der Waals surface area (Å²) >= 11 is 1.51. The van der Waals surface area contributed by atoms with Crippen molar-refractivity contribution in [2.45, 2.75) is 0 Å². The van der Waals surface area contributed by atoms with Gasteiger partial charge >= 0.3 is 0 Å². The summed E-state index contributed by atoms with van der Waals surface area (Å²) in [6.07, 6.45) is 1.69. The quantitative estimate of drug-likeness (QED) is 0.538. The van der Waals surface area contributed by atoms with Crippen molar-refractivity contribution < 1.29 is 9.47 Å². The number of hydrazone groups is 1. The molecule has 0 aliphatic carbocycles. The lowest BCUT2D eigenvalue weighted by molar-refractivity contribution is 0.354. The van der Waals surface area contributed by atoms with Crippen molar-refractivity contribution in [2.75, 3.05) is 19.6 Å². The minimum absolute atomic E-state index is 0.648. The number of hydrogen-bond donors (Lipinski definition) is 1. The zero-order valence-electron chi connectivity index (χ0n) is 13.4. The van der Waals surface area contributed by atoms with Crippen LogP contribution in [-0.2, 0) is 0 Å². The second-order valence-electron chi connectivity index (χ2n) is 4.86. The SMILES string of the molecule is COc1cccc(/C=N/Nc2nc(-c3ccccc3)cs2)c1OC. The van der Waals surface area contributed by atoms with Gasteiger partial charge in [-0.3, -0.25) is 5.43 Å². The molecule has 5 nitrogen and oxygen atoms in total. The maximum Gasteiger partial charge on any atom is 0.203 e. The lowest BCUT2D eigenvalue weighted by atomic mass is 10.2. The third-order valence-corrected chi connectivity index (χ3v) is 4.12. The number of ether oxygens (including phenoxy) is 2. The lowest BCUT2D eigenvalue weighted by Gasteiger charge is -2.09. The van der Waals surface area contributed by atoms with Gasteiger partial charge in [-0.25, -0.2) is 4.98 Å². The van der Waals surface area contributed by atoms with Crippen molar-refractivity contribution >= 4 is 22.7 Å². The Morgan fingerprint density at radius 1 is 1.04 bits per heavy atom. The van der Waals surface area contributed by atoms with Gasteiger partial charge in [0.15, 0.2) is 11.5 Å². The molecule has 1 aromatic heterocycles. The summed E-state index contributed by atoms with van der Waals surface area (Å²) < 4.78 is 10.7. The molecule has 3 aromatic rings. The molecule has 3 rings (SSSR count). The second kappa shape index (κ2) is 7.61. The molecule has 0 spiro atoms. The summed E-state index contributed by atoms with van der Waals surface area (Å²) in [6.45, 7) is 0. The summed E-state index contributed by atoms with van der Waals surface area (Å²) in [5, 5.41) is 6.97. The predicted molar refractivity (Wildman–Crippen MR) is 98.3 cm³/mol. The highest BCUT2D eigenvalue weighted by Gasteiger charge is 2.07. The van der Waals surface area contributed by atoms with E-state index in [0.717, 1.165) is 22.0 Å².